The molecule has 0 saturated heterocycles. The van der Waals surface area contributed by atoms with Crippen LogP contribution in [0.3, 0.4) is 0 Å². The minimum absolute atomic E-state index is 0.00820. The molecule has 1 aliphatic rings. The van der Waals surface area contributed by atoms with Gasteiger partial charge in [0, 0.05) is 36.9 Å². The molecule has 4 rings (SSSR count). The molecule has 3 aromatic rings. The predicted molar refractivity (Wildman–Crippen MR) is 90.7 cm³/mol. The Morgan fingerprint density at radius 1 is 1.24 bits per heavy atom. The smallest absolute Gasteiger partial charge is 0.245 e. The van der Waals surface area contributed by atoms with Gasteiger partial charge < -0.3 is 14.2 Å². The van der Waals surface area contributed by atoms with Gasteiger partial charge in [0.15, 0.2) is 0 Å². The third-order valence-electron chi connectivity index (χ3n) is 4.53. The summed E-state index contributed by atoms with van der Waals surface area (Å²) >= 11 is 0. The van der Waals surface area contributed by atoms with E-state index in [1.807, 2.05) is 41.4 Å². The molecule has 0 aliphatic carbocycles. The van der Waals surface area contributed by atoms with Crippen LogP contribution in [0.5, 0.6) is 5.75 Å². The number of ether oxygens (including phenoxy) is 1. The van der Waals surface area contributed by atoms with Gasteiger partial charge in [-0.25, -0.2) is 4.98 Å². The number of rotatable bonds is 4. The lowest BCUT2D eigenvalue weighted by Crippen LogP contribution is -2.42. The number of aromatic nitrogens is 4. The highest BCUT2D eigenvalue weighted by atomic mass is 16.5. The van der Waals surface area contributed by atoms with Crippen LogP contribution in [0, 0.1) is 0 Å². The molecular formula is C18H19N5O2. The van der Waals surface area contributed by atoms with E-state index in [1.165, 1.54) is 0 Å². The van der Waals surface area contributed by atoms with Gasteiger partial charge in [0.05, 0.1) is 19.7 Å². The van der Waals surface area contributed by atoms with Crippen LogP contribution < -0.4 is 4.74 Å². The molecule has 3 heterocycles. The molecule has 0 N–H and O–H groups in total. The van der Waals surface area contributed by atoms with E-state index in [4.69, 9.17) is 4.74 Å². The first-order chi connectivity index (χ1) is 12.3. The van der Waals surface area contributed by atoms with Gasteiger partial charge in [-0.05, 0) is 12.1 Å². The summed E-state index contributed by atoms with van der Waals surface area (Å²) in [4.78, 5) is 19.2. The Morgan fingerprint density at radius 3 is 2.92 bits per heavy atom. The van der Waals surface area contributed by atoms with Crippen molar-refractivity contribution in [1.29, 1.82) is 0 Å². The molecule has 7 heteroatoms. The van der Waals surface area contributed by atoms with Crippen molar-refractivity contribution < 1.29 is 9.53 Å². The van der Waals surface area contributed by atoms with Crippen LogP contribution in [0.25, 0.3) is 0 Å². The molecule has 1 atom stereocenters. The maximum Gasteiger partial charge on any atom is 0.245 e. The van der Waals surface area contributed by atoms with Crippen molar-refractivity contribution in [3.63, 3.8) is 0 Å². The largest absolute Gasteiger partial charge is 0.496 e. The SMILES string of the molecule is COc1ccccc1[C@H]1Cn2ccnc2CN1C(=O)Cn1cccn1. The number of imidazole rings is 1. The molecule has 2 aromatic heterocycles. The molecule has 1 aromatic carbocycles. The summed E-state index contributed by atoms with van der Waals surface area (Å²) in [7, 11) is 1.65. The van der Waals surface area contributed by atoms with Gasteiger partial charge in [0.1, 0.15) is 18.1 Å². The third kappa shape index (κ3) is 2.88. The number of nitrogens with zero attached hydrogens (tertiary/aromatic N) is 5. The number of carbonyl (C=O) groups excluding carboxylic acids is 1. The number of para-hydroxylation sites is 1. The fraction of sp³-hybridized carbons (Fsp3) is 0.278. The van der Waals surface area contributed by atoms with Crippen molar-refractivity contribution in [3.05, 3.63) is 66.5 Å². The van der Waals surface area contributed by atoms with E-state index in [-0.39, 0.29) is 18.5 Å². The van der Waals surface area contributed by atoms with E-state index < -0.39 is 0 Å². The lowest BCUT2D eigenvalue weighted by atomic mass is 10.0. The number of hydrogen-bond donors (Lipinski definition) is 0. The molecule has 0 fully saturated rings. The summed E-state index contributed by atoms with van der Waals surface area (Å²) in [5.74, 6) is 1.68. The van der Waals surface area contributed by atoms with E-state index in [2.05, 4.69) is 14.6 Å². The van der Waals surface area contributed by atoms with Gasteiger partial charge in [0.25, 0.3) is 0 Å². The van der Waals surface area contributed by atoms with Crippen LogP contribution in [0.4, 0.5) is 0 Å². The summed E-state index contributed by atoms with van der Waals surface area (Å²) in [6.45, 7) is 1.33. The van der Waals surface area contributed by atoms with Crippen LogP contribution >= 0.6 is 0 Å². The molecule has 7 nitrogen and oxygen atoms in total. The Balaban J connectivity index is 1.69. The van der Waals surface area contributed by atoms with E-state index in [0.29, 0.717) is 13.1 Å². The van der Waals surface area contributed by atoms with Crippen LogP contribution in [0.2, 0.25) is 0 Å². The highest BCUT2D eigenvalue weighted by Crippen LogP contribution is 2.34. The van der Waals surface area contributed by atoms with Crippen molar-refractivity contribution in [2.24, 2.45) is 0 Å². The van der Waals surface area contributed by atoms with E-state index in [1.54, 1.807) is 30.4 Å². The molecule has 25 heavy (non-hydrogen) atoms. The predicted octanol–water partition coefficient (Wildman–Crippen LogP) is 1.87. The molecule has 1 aliphatic heterocycles. The number of methoxy groups -OCH3 is 1. The summed E-state index contributed by atoms with van der Waals surface area (Å²) in [6, 6.07) is 9.55. The normalized spacial score (nSPS) is 16.5. The first kappa shape index (κ1) is 15.4. The zero-order valence-corrected chi connectivity index (χ0v) is 13.9. The highest BCUT2D eigenvalue weighted by molar-refractivity contribution is 5.76. The minimum atomic E-state index is -0.110. The van der Waals surface area contributed by atoms with Crippen molar-refractivity contribution in [2.75, 3.05) is 7.11 Å². The summed E-state index contributed by atoms with van der Waals surface area (Å²) in [5, 5.41) is 4.14. The van der Waals surface area contributed by atoms with Crippen molar-refractivity contribution in [3.8, 4) is 5.75 Å². The van der Waals surface area contributed by atoms with E-state index >= 15 is 0 Å². The maximum atomic E-state index is 13.0. The van der Waals surface area contributed by atoms with Gasteiger partial charge in [0.2, 0.25) is 5.91 Å². The van der Waals surface area contributed by atoms with Crippen molar-refractivity contribution in [2.45, 2.75) is 25.7 Å². The standard InChI is InChI=1S/C18H19N5O2/c1-25-16-6-3-2-5-14(16)15-11-21-10-8-19-17(21)12-23(15)18(24)13-22-9-4-7-20-22/h2-10,15H,11-13H2,1H3/t15-/m1/s1. The molecule has 0 bridgehead atoms. The average Bonchev–Trinajstić information content (AvgIpc) is 3.31. The van der Waals surface area contributed by atoms with Gasteiger partial charge in [-0.2, -0.15) is 5.10 Å². The monoisotopic (exact) mass is 337 g/mol. The average molecular weight is 337 g/mol. The minimum Gasteiger partial charge on any atom is -0.496 e. The van der Waals surface area contributed by atoms with E-state index in [0.717, 1.165) is 17.1 Å². The first-order valence-electron chi connectivity index (χ1n) is 8.16. The third-order valence-corrected chi connectivity index (χ3v) is 4.53. The second kappa shape index (κ2) is 6.43. The topological polar surface area (TPSA) is 65.2 Å². The lowest BCUT2D eigenvalue weighted by Gasteiger charge is -2.37. The molecule has 1 amide bonds. The van der Waals surface area contributed by atoms with Crippen LogP contribution in [-0.2, 0) is 24.4 Å². The second-order valence-corrected chi connectivity index (χ2v) is 5.98. The zero-order chi connectivity index (χ0) is 17.2. The van der Waals surface area contributed by atoms with Crippen molar-refractivity contribution in [1.82, 2.24) is 24.2 Å². The molecule has 0 unspecified atom stereocenters. The Morgan fingerprint density at radius 2 is 2.12 bits per heavy atom. The Kier molecular flexibility index (Phi) is 3.97. The molecule has 128 valence electrons. The first-order valence-corrected chi connectivity index (χ1v) is 8.16. The van der Waals surface area contributed by atoms with Gasteiger partial charge in [-0.1, -0.05) is 18.2 Å². The summed E-state index contributed by atoms with van der Waals surface area (Å²) in [6.07, 6.45) is 7.19. The highest BCUT2D eigenvalue weighted by Gasteiger charge is 2.33. The Labute approximate surface area is 145 Å². The summed E-state index contributed by atoms with van der Waals surface area (Å²) < 4.78 is 9.26. The number of benzene rings is 1. The number of hydrogen-bond acceptors (Lipinski definition) is 4. The van der Waals surface area contributed by atoms with Crippen LogP contribution in [0.15, 0.2) is 55.1 Å². The zero-order valence-electron chi connectivity index (χ0n) is 13.9. The van der Waals surface area contributed by atoms with Gasteiger partial charge in [-0.3, -0.25) is 9.48 Å². The van der Waals surface area contributed by atoms with Crippen molar-refractivity contribution >= 4 is 5.91 Å². The second-order valence-electron chi connectivity index (χ2n) is 5.98. The number of amides is 1. The van der Waals surface area contributed by atoms with E-state index in [9.17, 15) is 4.79 Å². The molecular weight excluding hydrogens is 318 g/mol. The number of carbonyl (C=O) groups is 1. The molecule has 0 radical (unpaired) electrons. The molecule has 0 saturated carbocycles. The summed E-state index contributed by atoms with van der Waals surface area (Å²) in [5.41, 5.74) is 0.998. The Hall–Kier alpha value is -3.09. The Bertz CT molecular complexity index is 871. The fourth-order valence-corrected chi connectivity index (χ4v) is 3.30. The number of fused-ring (bicyclic) bond motifs is 1. The lowest BCUT2D eigenvalue weighted by molar-refractivity contribution is -0.136. The maximum absolute atomic E-state index is 13.0. The fourth-order valence-electron chi connectivity index (χ4n) is 3.30. The quantitative estimate of drug-likeness (QED) is 0.729. The van der Waals surface area contributed by atoms with Crippen LogP contribution in [0.1, 0.15) is 17.4 Å². The van der Waals surface area contributed by atoms with Gasteiger partial charge >= 0.3 is 0 Å². The van der Waals surface area contributed by atoms with Gasteiger partial charge in [-0.15, -0.1) is 0 Å². The van der Waals surface area contributed by atoms with Crippen LogP contribution in [-0.4, -0.2) is 37.2 Å². The molecule has 0 spiro atoms.